The van der Waals surface area contributed by atoms with Crippen LogP contribution in [0.5, 0.6) is 0 Å². The number of hydrogen-bond acceptors (Lipinski definition) is 5. The van der Waals surface area contributed by atoms with E-state index in [1.165, 1.54) is 0 Å². The van der Waals surface area contributed by atoms with E-state index in [9.17, 15) is 5.11 Å². The second-order valence-electron chi connectivity index (χ2n) is 2.80. The number of hydrogen-bond donors (Lipinski definition) is 2. The van der Waals surface area contributed by atoms with E-state index >= 15 is 0 Å². The van der Waals surface area contributed by atoms with Gasteiger partial charge in [-0.15, -0.1) is 0 Å². The van der Waals surface area contributed by atoms with Crippen LogP contribution in [0.15, 0.2) is 0 Å². The maximum atomic E-state index is 9.33. The standard InChI is InChI=1S/C6H10O4S/c7-3-1-8-6-4(10-11)2-9-5(3)6/h3-7,11H,1-2H2/t3-,4-,5+,6+/m0/s1/i/hT. The fourth-order valence-electron chi connectivity index (χ4n) is 1.53. The van der Waals surface area contributed by atoms with Gasteiger partial charge in [-0.2, -0.15) is 0 Å². The molecule has 5 heteroatoms. The Hall–Kier alpha value is 0.190. The maximum absolute atomic E-state index is 9.33. The normalized spacial score (nSPS) is 50.8. The van der Waals surface area contributed by atoms with E-state index in [-0.39, 0.29) is 18.3 Å². The number of aliphatic hydroxyl groups excluding tert-OH is 1. The molecule has 1 N–H and O–H groups in total. The predicted octanol–water partition coefficient (Wildman–Crippen LogP) is -0.625. The molecule has 0 aromatic carbocycles. The third-order valence-corrected chi connectivity index (χ3v) is 2.35. The summed E-state index contributed by atoms with van der Waals surface area (Å²) in [4.78, 5) is 0. The maximum Gasteiger partial charge on any atom is 0.135 e. The lowest BCUT2D eigenvalue weighted by Gasteiger charge is -2.11. The molecule has 2 aliphatic rings. The van der Waals surface area contributed by atoms with Crippen molar-refractivity contribution < 1.29 is 18.8 Å². The Morgan fingerprint density at radius 1 is 1.45 bits per heavy atom. The molecule has 0 unspecified atom stereocenters. The first-order chi connectivity index (χ1) is 5.83. The van der Waals surface area contributed by atoms with E-state index in [0.29, 0.717) is 26.0 Å². The summed E-state index contributed by atoms with van der Waals surface area (Å²) in [6.45, 7) is 0.704. The van der Waals surface area contributed by atoms with Crippen LogP contribution in [-0.2, 0) is 13.7 Å². The van der Waals surface area contributed by atoms with Crippen LogP contribution in [0, 0.1) is 0 Å². The minimum absolute atomic E-state index is 0.196. The molecule has 0 spiro atoms. The largest absolute Gasteiger partial charge is 0.388 e. The number of thiol groups is 1. The van der Waals surface area contributed by atoms with E-state index < -0.39 is 6.10 Å². The third kappa shape index (κ3) is 1.17. The van der Waals surface area contributed by atoms with Gasteiger partial charge < -0.3 is 18.8 Å². The lowest BCUT2D eigenvalue weighted by Crippen LogP contribution is -2.31. The Kier molecular flexibility index (Phi) is 1.77. The second-order valence-corrected chi connectivity index (χ2v) is 2.99. The Labute approximate surface area is 71.1 Å². The van der Waals surface area contributed by atoms with Gasteiger partial charge >= 0.3 is 0 Å². The van der Waals surface area contributed by atoms with Crippen LogP contribution in [0.4, 0.5) is 0 Å². The van der Waals surface area contributed by atoms with Gasteiger partial charge in [0.1, 0.15) is 25.5 Å². The number of ether oxygens (including phenoxy) is 2. The molecule has 0 aromatic heterocycles. The van der Waals surface area contributed by atoms with Crippen molar-refractivity contribution in [2.75, 3.05) is 13.2 Å². The van der Waals surface area contributed by atoms with Gasteiger partial charge in [0.25, 0.3) is 0 Å². The molecule has 2 saturated heterocycles. The van der Waals surface area contributed by atoms with Gasteiger partial charge in [-0.05, 0) is 12.8 Å². The van der Waals surface area contributed by atoms with Crippen molar-refractivity contribution in [3.05, 3.63) is 0 Å². The molecule has 64 valence electrons. The fourth-order valence-corrected chi connectivity index (χ4v) is 1.69. The summed E-state index contributed by atoms with van der Waals surface area (Å²) in [6, 6.07) is 0. The number of aliphatic hydroxyl groups is 1. The number of fused-ring (bicyclic) bond motifs is 1. The summed E-state index contributed by atoms with van der Waals surface area (Å²) in [5.41, 5.74) is 0. The van der Waals surface area contributed by atoms with Gasteiger partial charge in [0.05, 0.1) is 13.2 Å². The summed E-state index contributed by atoms with van der Waals surface area (Å²) in [5, 5.41) is 9.33. The molecule has 0 aliphatic carbocycles. The molecular weight excluding hydrogens is 168 g/mol. The smallest absolute Gasteiger partial charge is 0.135 e. The van der Waals surface area contributed by atoms with Crippen molar-refractivity contribution in [3.63, 3.8) is 0 Å². The summed E-state index contributed by atoms with van der Waals surface area (Å²) in [6.07, 6.45) is -1.21. The Morgan fingerprint density at radius 3 is 3.09 bits per heavy atom. The Balaban J connectivity index is 1.96. The summed E-state index contributed by atoms with van der Waals surface area (Å²) in [5.74, 6) is 0. The highest BCUT2D eigenvalue weighted by atomic mass is 32.1. The molecule has 0 aromatic rings. The molecule has 2 rings (SSSR count). The van der Waals surface area contributed by atoms with Gasteiger partial charge in [-0.3, -0.25) is 0 Å². The van der Waals surface area contributed by atoms with Crippen LogP contribution in [0.1, 0.15) is 0 Å². The van der Waals surface area contributed by atoms with E-state index in [0.717, 1.165) is 0 Å². The molecule has 0 saturated carbocycles. The van der Waals surface area contributed by atoms with Crippen molar-refractivity contribution in [1.82, 2.24) is 0 Å². The van der Waals surface area contributed by atoms with Gasteiger partial charge in [-0.1, -0.05) is 0 Å². The monoisotopic (exact) mass is 180 g/mol. The third-order valence-electron chi connectivity index (χ3n) is 2.11. The fraction of sp³-hybridized carbons (Fsp3) is 1.00. The van der Waals surface area contributed by atoms with Gasteiger partial charge in [0.2, 0.25) is 0 Å². The van der Waals surface area contributed by atoms with Gasteiger partial charge in [0, 0.05) is 0 Å². The molecule has 0 amide bonds. The van der Waals surface area contributed by atoms with Crippen molar-refractivity contribution in [3.8, 4) is 0 Å². The van der Waals surface area contributed by atoms with Crippen molar-refractivity contribution in [2.45, 2.75) is 24.4 Å². The van der Waals surface area contributed by atoms with Crippen LogP contribution in [-0.4, -0.2) is 43.9 Å². The van der Waals surface area contributed by atoms with Crippen LogP contribution < -0.4 is 0 Å². The lowest BCUT2D eigenvalue weighted by molar-refractivity contribution is 0.0120. The topological polar surface area (TPSA) is 47.9 Å². The van der Waals surface area contributed by atoms with E-state index in [2.05, 4.69) is 0 Å². The van der Waals surface area contributed by atoms with Crippen LogP contribution >= 0.6 is 12.8 Å². The average Bonchev–Trinajstić information content (AvgIpc) is 2.58. The zero-order chi connectivity index (χ0) is 8.55. The quantitative estimate of drug-likeness (QED) is 0.439. The molecular formula is C6H10O4S. The van der Waals surface area contributed by atoms with Gasteiger partial charge in [-0.25, -0.2) is 0 Å². The minimum atomic E-state index is -0.542. The van der Waals surface area contributed by atoms with E-state index in [1.54, 1.807) is 0 Å². The molecule has 2 aliphatic heterocycles. The van der Waals surface area contributed by atoms with Crippen LogP contribution in [0.2, 0.25) is 0 Å². The SMILES string of the molecule is [3H]SO[C@H]1CO[C@H]2[C@@H]1OC[C@@H]2O. The van der Waals surface area contributed by atoms with Gasteiger partial charge in [0.15, 0.2) is 0 Å². The highest BCUT2D eigenvalue weighted by Crippen LogP contribution is 2.28. The van der Waals surface area contributed by atoms with Crippen LogP contribution in [0.3, 0.4) is 0 Å². The number of rotatable bonds is 2. The first kappa shape index (κ1) is 6.68. The van der Waals surface area contributed by atoms with E-state index in [4.69, 9.17) is 14.8 Å². The summed E-state index contributed by atoms with van der Waals surface area (Å²) >= 11 is 0.557. The molecule has 4 nitrogen and oxygen atoms in total. The predicted molar refractivity (Wildman–Crippen MR) is 39.3 cm³/mol. The van der Waals surface area contributed by atoms with E-state index in [1.807, 2.05) is 0 Å². The molecule has 0 bridgehead atoms. The lowest BCUT2D eigenvalue weighted by atomic mass is 10.1. The zero-order valence-electron chi connectivity index (χ0n) is 6.80. The highest BCUT2D eigenvalue weighted by Gasteiger charge is 2.47. The second kappa shape index (κ2) is 2.91. The first-order valence-electron chi connectivity index (χ1n) is 3.93. The van der Waals surface area contributed by atoms with Crippen molar-refractivity contribution in [1.29, 1.82) is 1.12 Å². The molecule has 0 radical (unpaired) electrons. The summed E-state index contributed by atoms with van der Waals surface area (Å²) < 4.78 is 22.3. The summed E-state index contributed by atoms with van der Waals surface area (Å²) in [7, 11) is 0. The first-order valence-corrected chi connectivity index (χ1v) is 3.86. The Morgan fingerprint density at radius 2 is 2.27 bits per heavy atom. The molecule has 11 heavy (non-hydrogen) atoms. The molecule has 2 heterocycles. The van der Waals surface area contributed by atoms with Crippen molar-refractivity contribution in [2.24, 2.45) is 0 Å². The molecule has 2 fully saturated rings. The van der Waals surface area contributed by atoms with Crippen molar-refractivity contribution >= 4 is 12.8 Å². The highest BCUT2D eigenvalue weighted by molar-refractivity contribution is 7.75. The minimum Gasteiger partial charge on any atom is -0.388 e. The molecule has 4 atom stereocenters. The van der Waals surface area contributed by atoms with Crippen LogP contribution in [0.25, 0.3) is 0 Å². The average molecular weight is 180 g/mol. The Bertz CT molecular complexity index is 170. The zero-order valence-corrected chi connectivity index (χ0v) is 6.62.